The average Bonchev–Trinajstić information content (AvgIpc) is 2.83. The van der Waals surface area contributed by atoms with Gasteiger partial charge in [0.15, 0.2) is 0 Å². The summed E-state index contributed by atoms with van der Waals surface area (Å²) in [6.45, 7) is 1.46. The minimum absolute atomic E-state index is 0.139. The quantitative estimate of drug-likeness (QED) is 0.887. The topological polar surface area (TPSA) is 34.2 Å². The molecule has 0 spiro atoms. The van der Waals surface area contributed by atoms with Crippen LogP contribution in [-0.2, 0) is 23.3 Å². The highest BCUT2D eigenvalue weighted by atomic mass is 32.1. The Morgan fingerprint density at radius 1 is 1.29 bits per heavy atom. The fourth-order valence-corrected chi connectivity index (χ4v) is 4.40. The van der Waals surface area contributed by atoms with Crippen molar-refractivity contribution in [1.82, 2.24) is 10.3 Å². The number of hydrogen-bond donors (Lipinski definition) is 1. The van der Waals surface area contributed by atoms with E-state index in [1.807, 2.05) is 18.4 Å². The summed E-state index contributed by atoms with van der Waals surface area (Å²) in [5.74, 6) is 0. The van der Waals surface area contributed by atoms with Crippen LogP contribution < -0.4 is 5.32 Å². The molecule has 1 aliphatic carbocycles. The van der Waals surface area contributed by atoms with Gasteiger partial charge in [-0.05, 0) is 25.5 Å². The van der Waals surface area contributed by atoms with Gasteiger partial charge < -0.3 is 10.1 Å². The van der Waals surface area contributed by atoms with Gasteiger partial charge in [0.05, 0.1) is 12.3 Å². The number of hydrogen-bond acceptors (Lipinski definition) is 4. The van der Waals surface area contributed by atoms with Crippen LogP contribution in [0.25, 0.3) is 0 Å². The lowest BCUT2D eigenvalue weighted by molar-refractivity contribution is 0.180. The average molecular weight is 302 g/mol. The van der Waals surface area contributed by atoms with E-state index >= 15 is 0 Å². The summed E-state index contributed by atoms with van der Waals surface area (Å²) in [5, 5.41) is 4.50. The molecule has 1 N–H and O–H groups in total. The number of nitrogens with one attached hydrogen (secondary N) is 1. The molecule has 1 aromatic heterocycles. The first-order valence-electron chi connectivity index (χ1n) is 7.48. The molecule has 0 amide bonds. The first-order valence-corrected chi connectivity index (χ1v) is 8.30. The molecule has 0 radical (unpaired) electrons. The van der Waals surface area contributed by atoms with Crippen LogP contribution in [-0.4, -0.2) is 19.1 Å². The Balaban J connectivity index is 2.00. The summed E-state index contributed by atoms with van der Waals surface area (Å²) in [6, 6.07) is 10.8. The SMILES string of the molecule is CNCc1sc(C2(c3ccccc3)CCC2)nc1COC. The molecule has 0 unspecified atom stereocenters. The molecule has 2 aromatic rings. The van der Waals surface area contributed by atoms with Gasteiger partial charge in [0.25, 0.3) is 0 Å². The molecule has 4 heteroatoms. The van der Waals surface area contributed by atoms with Gasteiger partial charge in [-0.25, -0.2) is 4.98 Å². The van der Waals surface area contributed by atoms with Gasteiger partial charge in [-0.2, -0.15) is 0 Å². The third-order valence-electron chi connectivity index (χ3n) is 4.34. The standard InChI is InChI=1S/C17H22N2OS/c1-18-11-15-14(12-20-2)19-16(21-15)17(9-6-10-17)13-7-4-3-5-8-13/h3-5,7-8,18H,6,9-12H2,1-2H3. The predicted molar refractivity (Wildman–Crippen MR) is 86.7 cm³/mol. The molecule has 112 valence electrons. The highest BCUT2D eigenvalue weighted by Gasteiger charge is 2.43. The van der Waals surface area contributed by atoms with Crippen molar-refractivity contribution in [3.63, 3.8) is 0 Å². The first-order chi connectivity index (χ1) is 10.3. The number of thiazole rings is 1. The van der Waals surface area contributed by atoms with Crippen LogP contribution in [0.1, 0.15) is 40.4 Å². The van der Waals surface area contributed by atoms with Crippen molar-refractivity contribution in [2.45, 2.75) is 37.8 Å². The number of methoxy groups -OCH3 is 1. The zero-order valence-electron chi connectivity index (χ0n) is 12.7. The van der Waals surface area contributed by atoms with E-state index in [-0.39, 0.29) is 5.41 Å². The number of nitrogens with zero attached hydrogens (tertiary/aromatic N) is 1. The van der Waals surface area contributed by atoms with E-state index in [1.54, 1.807) is 7.11 Å². The zero-order valence-corrected chi connectivity index (χ0v) is 13.5. The summed E-state index contributed by atoms with van der Waals surface area (Å²) in [6.07, 6.45) is 3.70. The molecule has 21 heavy (non-hydrogen) atoms. The Bertz CT molecular complexity index is 567. The van der Waals surface area contributed by atoms with E-state index in [9.17, 15) is 0 Å². The fraction of sp³-hybridized carbons (Fsp3) is 0.471. The molecule has 1 heterocycles. The van der Waals surface area contributed by atoms with Crippen LogP contribution in [0, 0.1) is 0 Å². The monoisotopic (exact) mass is 302 g/mol. The van der Waals surface area contributed by atoms with E-state index in [0.717, 1.165) is 12.2 Å². The number of aromatic nitrogens is 1. The van der Waals surface area contributed by atoms with Crippen LogP contribution >= 0.6 is 11.3 Å². The molecular formula is C17H22N2OS. The Kier molecular flexibility index (Phi) is 4.38. The molecule has 1 aliphatic rings. The molecule has 0 saturated heterocycles. The largest absolute Gasteiger partial charge is 0.378 e. The van der Waals surface area contributed by atoms with Crippen molar-refractivity contribution >= 4 is 11.3 Å². The van der Waals surface area contributed by atoms with Crippen LogP contribution in [0.15, 0.2) is 30.3 Å². The lowest BCUT2D eigenvalue weighted by Crippen LogP contribution is -2.35. The summed E-state index contributed by atoms with van der Waals surface area (Å²) >= 11 is 1.85. The summed E-state index contributed by atoms with van der Waals surface area (Å²) in [7, 11) is 3.71. The summed E-state index contributed by atoms with van der Waals surface area (Å²) < 4.78 is 5.31. The van der Waals surface area contributed by atoms with Gasteiger partial charge >= 0.3 is 0 Å². The minimum atomic E-state index is 0.139. The molecule has 0 bridgehead atoms. The Morgan fingerprint density at radius 3 is 2.62 bits per heavy atom. The van der Waals surface area contributed by atoms with Crippen LogP contribution in [0.3, 0.4) is 0 Å². The molecule has 1 aromatic carbocycles. The van der Waals surface area contributed by atoms with Crippen LogP contribution in [0.2, 0.25) is 0 Å². The molecule has 1 saturated carbocycles. The van der Waals surface area contributed by atoms with Gasteiger partial charge in [0, 0.05) is 23.9 Å². The molecule has 0 aliphatic heterocycles. The van der Waals surface area contributed by atoms with Gasteiger partial charge in [-0.15, -0.1) is 11.3 Å². The normalized spacial score (nSPS) is 16.7. The van der Waals surface area contributed by atoms with Crippen molar-refractivity contribution in [1.29, 1.82) is 0 Å². The van der Waals surface area contributed by atoms with Gasteiger partial charge in [0.1, 0.15) is 5.01 Å². The third kappa shape index (κ3) is 2.63. The number of ether oxygens (including phenoxy) is 1. The molecular weight excluding hydrogens is 280 g/mol. The second-order valence-corrected chi connectivity index (χ2v) is 6.74. The molecule has 3 nitrogen and oxygen atoms in total. The Labute approximate surface area is 130 Å². The Hall–Kier alpha value is -1.23. The van der Waals surface area contributed by atoms with Crippen LogP contribution in [0.4, 0.5) is 0 Å². The maximum atomic E-state index is 5.31. The minimum Gasteiger partial charge on any atom is -0.378 e. The highest BCUT2D eigenvalue weighted by molar-refractivity contribution is 7.12. The lowest BCUT2D eigenvalue weighted by atomic mass is 9.65. The third-order valence-corrected chi connectivity index (χ3v) is 5.64. The smallest absolute Gasteiger partial charge is 0.104 e. The summed E-state index contributed by atoms with van der Waals surface area (Å²) in [5.41, 5.74) is 2.64. The van der Waals surface area contributed by atoms with E-state index in [1.165, 1.54) is 34.7 Å². The van der Waals surface area contributed by atoms with Crippen molar-refractivity contribution in [3.8, 4) is 0 Å². The Morgan fingerprint density at radius 2 is 2.05 bits per heavy atom. The lowest BCUT2D eigenvalue weighted by Gasteiger charge is -2.40. The number of benzene rings is 1. The summed E-state index contributed by atoms with van der Waals surface area (Å²) in [4.78, 5) is 6.24. The van der Waals surface area contributed by atoms with Crippen molar-refractivity contribution in [2.24, 2.45) is 0 Å². The van der Waals surface area contributed by atoms with Crippen molar-refractivity contribution < 1.29 is 4.74 Å². The van der Waals surface area contributed by atoms with Crippen LogP contribution in [0.5, 0.6) is 0 Å². The van der Waals surface area contributed by atoms with E-state index in [2.05, 4.69) is 35.6 Å². The molecule has 1 fully saturated rings. The maximum Gasteiger partial charge on any atom is 0.104 e. The van der Waals surface area contributed by atoms with Crippen molar-refractivity contribution in [3.05, 3.63) is 51.5 Å². The first kappa shape index (κ1) is 14.7. The van der Waals surface area contributed by atoms with E-state index in [4.69, 9.17) is 9.72 Å². The number of rotatable bonds is 6. The molecule has 3 rings (SSSR count). The van der Waals surface area contributed by atoms with E-state index < -0.39 is 0 Å². The van der Waals surface area contributed by atoms with E-state index in [0.29, 0.717) is 6.61 Å². The second-order valence-electron chi connectivity index (χ2n) is 5.65. The van der Waals surface area contributed by atoms with Gasteiger partial charge in [0.2, 0.25) is 0 Å². The van der Waals surface area contributed by atoms with Gasteiger partial charge in [-0.3, -0.25) is 0 Å². The molecule has 0 atom stereocenters. The van der Waals surface area contributed by atoms with Crippen molar-refractivity contribution in [2.75, 3.05) is 14.2 Å². The second kappa shape index (κ2) is 6.26. The van der Waals surface area contributed by atoms with Gasteiger partial charge in [-0.1, -0.05) is 36.8 Å². The fourth-order valence-electron chi connectivity index (χ4n) is 3.05. The maximum absolute atomic E-state index is 5.31. The zero-order chi connectivity index (χ0) is 14.7. The predicted octanol–water partition coefficient (Wildman–Crippen LogP) is 3.48. The highest BCUT2D eigenvalue weighted by Crippen LogP contribution is 2.50.